The second-order valence-electron chi connectivity index (χ2n) is 6.30. The fraction of sp³-hybridized carbons (Fsp3) is 0.286. The number of aromatic nitrogens is 2. The lowest BCUT2D eigenvalue weighted by Crippen LogP contribution is -2.24. The first-order valence-corrected chi connectivity index (χ1v) is 11.2. The summed E-state index contributed by atoms with van der Waals surface area (Å²) >= 11 is 2.79. The highest BCUT2D eigenvalue weighted by molar-refractivity contribution is 8.01. The topological polar surface area (TPSA) is 85.4 Å². The van der Waals surface area contributed by atoms with Gasteiger partial charge >= 0.3 is 0 Å². The number of hydrogen-bond acceptors (Lipinski definition) is 8. The molecule has 2 aromatic carbocycles. The first-order valence-electron chi connectivity index (χ1n) is 9.41. The number of rotatable bonds is 10. The van der Waals surface area contributed by atoms with E-state index in [4.69, 9.17) is 9.47 Å². The minimum absolute atomic E-state index is 0.0744. The lowest BCUT2D eigenvalue weighted by atomic mass is 10.1. The van der Waals surface area contributed by atoms with Gasteiger partial charge in [0, 0.05) is 12.2 Å². The molecule has 1 amide bonds. The van der Waals surface area contributed by atoms with Crippen LogP contribution in [0.5, 0.6) is 11.5 Å². The molecule has 1 heterocycles. The van der Waals surface area contributed by atoms with Crippen LogP contribution in [0.25, 0.3) is 0 Å². The van der Waals surface area contributed by atoms with Crippen molar-refractivity contribution < 1.29 is 14.3 Å². The summed E-state index contributed by atoms with van der Waals surface area (Å²) in [5, 5.41) is 15.1. The van der Waals surface area contributed by atoms with Gasteiger partial charge in [-0.3, -0.25) is 4.79 Å². The lowest BCUT2D eigenvalue weighted by molar-refractivity contribution is -0.118. The van der Waals surface area contributed by atoms with Gasteiger partial charge in [0.2, 0.25) is 11.0 Å². The van der Waals surface area contributed by atoms with E-state index in [1.807, 2.05) is 30.3 Å². The van der Waals surface area contributed by atoms with Gasteiger partial charge in [-0.15, -0.1) is 10.2 Å². The highest BCUT2D eigenvalue weighted by Gasteiger charge is 2.10. The van der Waals surface area contributed by atoms with Crippen molar-refractivity contribution in [2.75, 3.05) is 25.3 Å². The second kappa shape index (κ2) is 10.8. The molecule has 9 heteroatoms. The van der Waals surface area contributed by atoms with E-state index in [9.17, 15) is 4.79 Å². The normalized spacial score (nSPS) is 10.5. The van der Waals surface area contributed by atoms with Gasteiger partial charge in [-0.2, -0.15) is 0 Å². The van der Waals surface area contributed by atoms with Crippen LogP contribution in [0.15, 0.2) is 46.8 Å². The van der Waals surface area contributed by atoms with E-state index in [2.05, 4.69) is 39.9 Å². The number of nitrogens with one attached hydrogen (secondary N) is 2. The van der Waals surface area contributed by atoms with Gasteiger partial charge in [-0.25, -0.2) is 0 Å². The first-order chi connectivity index (χ1) is 14.6. The number of carbonyl (C=O) groups is 1. The number of amides is 1. The Morgan fingerprint density at radius 1 is 1.03 bits per heavy atom. The van der Waals surface area contributed by atoms with E-state index in [1.54, 1.807) is 14.2 Å². The maximum Gasteiger partial charge on any atom is 0.230 e. The fourth-order valence-electron chi connectivity index (χ4n) is 2.64. The second-order valence-corrected chi connectivity index (χ2v) is 8.50. The molecule has 2 N–H and O–H groups in total. The van der Waals surface area contributed by atoms with Crippen molar-refractivity contribution in [3.05, 3.63) is 53.6 Å². The maximum atomic E-state index is 12.2. The molecule has 0 unspecified atom stereocenters. The molecular formula is C21H24N4O3S2. The molecule has 0 radical (unpaired) electrons. The van der Waals surface area contributed by atoms with E-state index in [-0.39, 0.29) is 11.7 Å². The van der Waals surface area contributed by atoms with Gasteiger partial charge in [0.15, 0.2) is 15.8 Å². The minimum Gasteiger partial charge on any atom is -0.493 e. The standard InChI is InChI=1S/C21H24N4O3S2/c1-4-14-5-8-16(9-6-14)23-20-24-25-21(30-20)29-13-19(26)22-12-15-7-10-17(27-2)18(11-15)28-3/h5-11H,4,12-13H2,1-3H3,(H,22,26)(H,23,24). The zero-order valence-electron chi connectivity index (χ0n) is 17.1. The van der Waals surface area contributed by atoms with Crippen molar-refractivity contribution in [2.45, 2.75) is 24.2 Å². The minimum atomic E-state index is -0.0744. The van der Waals surface area contributed by atoms with Crippen LogP contribution < -0.4 is 20.1 Å². The molecule has 7 nitrogen and oxygen atoms in total. The summed E-state index contributed by atoms with van der Waals surface area (Å²) < 4.78 is 11.2. The Bertz CT molecular complexity index is 977. The number of hydrogen-bond donors (Lipinski definition) is 2. The van der Waals surface area contributed by atoms with Crippen LogP contribution in [0.2, 0.25) is 0 Å². The van der Waals surface area contributed by atoms with Crippen molar-refractivity contribution in [1.82, 2.24) is 15.5 Å². The molecule has 0 saturated carbocycles. The largest absolute Gasteiger partial charge is 0.493 e. The molecule has 3 rings (SSSR count). The summed E-state index contributed by atoms with van der Waals surface area (Å²) in [6.07, 6.45) is 1.01. The van der Waals surface area contributed by atoms with Crippen molar-refractivity contribution in [3.63, 3.8) is 0 Å². The van der Waals surface area contributed by atoms with Crippen molar-refractivity contribution in [3.8, 4) is 11.5 Å². The summed E-state index contributed by atoms with van der Waals surface area (Å²) in [5.74, 6) is 1.49. The van der Waals surface area contributed by atoms with Crippen molar-refractivity contribution in [1.29, 1.82) is 0 Å². The van der Waals surface area contributed by atoms with Crippen molar-refractivity contribution in [2.24, 2.45) is 0 Å². The van der Waals surface area contributed by atoms with Gasteiger partial charge in [-0.05, 0) is 41.8 Å². The Balaban J connectivity index is 1.46. The van der Waals surface area contributed by atoms with Crippen molar-refractivity contribution >= 4 is 39.8 Å². The number of methoxy groups -OCH3 is 2. The van der Waals surface area contributed by atoms with E-state index < -0.39 is 0 Å². The Morgan fingerprint density at radius 3 is 2.47 bits per heavy atom. The quantitative estimate of drug-likeness (QED) is 0.452. The van der Waals surface area contributed by atoms with Gasteiger partial charge in [-0.1, -0.05) is 48.2 Å². The SMILES string of the molecule is CCc1ccc(Nc2nnc(SCC(=O)NCc3ccc(OC)c(OC)c3)s2)cc1. The molecule has 0 aliphatic carbocycles. The molecule has 3 aromatic rings. The highest BCUT2D eigenvalue weighted by Crippen LogP contribution is 2.28. The molecule has 0 spiro atoms. The highest BCUT2D eigenvalue weighted by atomic mass is 32.2. The van der Waals surface area contributed by atoms with Crippen LogP contribution in [0.1, 0.15) is 18.1 Å². The van der Waals surface area contributed by atoms with Crippen LogP contribution in [-0.4, -0.2) is 36.1 Å². The monoisotopic (exact) mass is 444 g/mol. The predicted molar refractivity (Wildman–Crippen MR) is 121 cm³/mol. The van der Waals surface area contributed by atoms with Crippen LogP contribution in [0.3, 0.4) is 0 Å². The van der Waals surface area contributed by atoms with E-state index >= 15 is 0 Å². The third-order valence-electron chi connectivity index (χ3n) is 4.28. The molecule has 0 bridgehead atoms. The molecule has 1 aromatic heterocycles. The van der Waals surface area contributed by atoms with Crippen LogP contribution in [0.4, 0.5) is 10.8 Å². The summed E-state index contributed by atoms with van der Waals surface area (Å²) in [7, 11) is 3.18. The first kappa shape index (κ1) is 21.9. The summed E-state index contributed by atoms with van der Waals surface area (Å²) in [6.45, 7) is 2.54. The molecular weight excluding hydrogens is 420 g/mol. The van der Waals surface area contributed by atoms with Gasteiger partial charge < -0.3 is 20.1 Å². The summed E-state index contributed by atoms with van der Waals surface area (Å²) in [6, 6.07) is 13.8. The molecule has 0 aliphatic heterocycles. The molecule has 30 heavy (non-hydrogen) atoms. The van der Waals surface area contributed by atoms with E-state index in [0.29, 0.717) is 23.2 Å². The number of anilines is 2. The van der Waals surface area contributed by atoms with E-state index in [0.717, 1.165) is 22.0 Å². The number of aryl methyl sites for hydroxylation is 1. The zero-order valence-corrected chi connectivity index (χ0v) is 18.7. The Kier molecular flexibility index (Phi) is 7.92. The van der Waals surface area contributed by atoms with Gasteiger partial charge in [0.05, 0.1) is 20.0 Å². The Hall–Kier alpha value is -2.78. The number of benzene rings is 2. The van der Waals surface area contributed by atoms with Gasteiger partial charge in [0.25, 0.3) is 0 Å². The van der Waals surface area contributed by atoms with Gasteiger partial charge in [0.1, 0.15) is 0 Å². The third-order valence-corrected chi connectivity index (χ3v) is 6.26. The average Bonchev–Trinajstić information content (AvgIpc) is 3.23. The fourth-order valence-corrected chi connectivity index (χ4v) is 4.24. The predicted octanol–water partition coefficient (Wildman–Crippen LogP) is 4.27. The number of carbonyl (C=O) groups excluding carboxylic acids is 1. The molecule has 0 fully saturated rings. The Morgan fingerprint density at radius 2 is 1.77 bits per heavy atom. The Labute approximate surface area is 184 Å². The number of nitrogens with zero attached hydrogens (tertiary/aromatic N) is 2. The van der Waals surface area contributed by atoms with Crippen LogP contribution in [-0.2, 0) is 17.8 Å². The molecule has 0 saturated heterocycles. The summed E-state index contributed by atoms with van der Waals surface area (Å²) in [4.78, 5) is 12.2. The maximum absolute atomic E-state index is 12.2. The molecule has 158 valence electrons. The number of thioether (sulfide) groups is 1. The molecule has 0 atom stereocenters. The van der Waals surface area contributed by atoms with Crippen LogP contribution >= 0.6 is 23.1 Å². The van der Waals surface area contributed by atoms with E-state index in [1.165, 1.54) is 28.7 Å². The zero-order chi connectivity index (χ0) is 21.3. The summed E-state index contributed by atoms with van der Waals surface area (Å²) in [5.41, 5.74) is 3.18. The number of ether oxygens (including phenoxy) is 2. The van der Waals surface area contributed by atoms with Crippen LogP contribution in [0, 0.1) is 0 Å². The lowest BCUT2D eigenvalue weighted by Gasteiger charge is -2.10. The molecule has 0 aliphatic rings. The third kappa shape index (κ3) is 6.11. The smallest absolute Gasteiger partial charge is 0.230 e. The average molecular weight is 445 g/mol.